The van der Waals surface area contributed by atoms with Gasteiger partial charge in [0.1, 0.15) is 5.69 Å². The Kier molecular flexibility index (Phi) is 5.27. The lowest BCUT2D eigenvalue weighted by Gasteiger charge is -2.12. The largest absolute Gasteiger partial charge is 0.478 e. The van der Waals surface area contributed by atoms with Crippen molar-refractivity contribution in [3.05, 3.63) is 63.6 Å². The molecular weight excluding hydrogens is 411 g/mol. The Morgan fingerprint density at radius 1 is 1.28 bits per heavy atom. The molecule has 3 aromatic rings. The smallest absolute Gasteiger partial charge is 0.417 e. The highest BCUT2D eigenvalue weighted by Crippen LogP contribution is 2.33. The molecule has 10 heteroatoms. The summed E-state index contributed by atoms with van der Waals surface area (Å²) >= 11 is 5.98. The van der Waals surface area contributed by atoms with Crippen LogP contribution in [-0.2, 0) is 12.6 Å². The van der Waals surface area contributed by atoms with Gasteiger partial charge in [-0.1, -0.05) is 24.6 Å². The molecule has 152 valence electrons. The van der Waals surface area contributed by atoms with Gasteiger partial charge < -0.3 is 10.4 Å². The summed E-state index contributed by atoms with van der Waals surface area (Å²) < 4.78 is 40.6. The first kappa shape index (κ1) is 20.7. The van der Waals surface area contributed by atoms with Gasteiger partial charge in [0, 0.05) is 11.9 Å². The van der Waals surface area contributed by atoms with Crippen LogP contribution in [0.2, 0.25) is 5.02 Å². The van der Waals surface area contributed by atoms with Crippen LogP contribution in [0.15, 0.2) is 30.5 Å². The van der Waals surface area contributed by atoms with Crippen LogP contribution in [0.4, 0.5) is 18.9 Å². The molecule has 6 nitrogen and oxygen atoms in total. The fourth-order valence-corrected chi connectivity index (χ4v) is 3.12. The minimum Gasteiger partial charge on any atom is -0.478 e. The summed E-state index contributed by atoms with van der Waals surface area (Å²) in [7, 11) is 0. The normalized spacial score (nSPS) is 11.7. The zero-order valence-electron chi connectivity index (χ0n) is 15.3. The maximum Gasteiger partial charge on any atom is 0.417 e. The lowest BCUT2D eigenvalue weighted by molar-refractivity contribution is -0.137. The van der Waals surface area contributed by atoms with Gasteiger partial charge in [-0.3, -0.25) is 9.20 Å². The number of rotatable bonds is 4. The van der Waals surface area contributed by atoms with Gasteiger partial charge in [0.05, 0.1) is 21.8 Å². The first-order valence-corrected chi connectivity index (χ1v) is 8.83. The number of nitrogens with zero attached hydrogens (tertiary/aromatic N) is 2. The van der Waals surface area contributed by atoms with Crippen molar-refractivity contribution in [1.29, 1.82) is 0 Å². The Morgan fingerprint density at radius 2 is 1.97 bits per heavy atom. The van der Waals surface area contributed by atoms with Gasteiger partial charge in [-0.15, -0.1) is 0 Å². The molecule has 0 radical (unpaired) electrons. The van der Waals surface area contributed by atoms with E-state index in [2.05, 4.69) is 10.3 Å². The first-order valence-electron chi connectivity index (χ1n) is 8.46. The Morgan fingerprint density at radius 3 is 2.55 bits per heavy atom. The van der Waals surface area contributed by atoms with Crippen LogP contribution in [0, 0.1) is 6.92 Å². The van der Waals surface area contributed by atoms with E-state index < -0.39 is 23.6 Å². The number of nitrogens with one attached hydrogen (secondary N) is 1. The molecule has 3 rings (SSSR count). The number of benzene rings is 1. The van der Waals surface area contributed by atoms with Crippen molar-refractivity contribution in [2.24, 2.45) is 0 Å². The van der Waals surface area contributed by atoms with Crippen LogP contribution in [0.1, 0.15) is 44.6 Å². The summed E-state index contributed by atoms with van der Waals surface area (Å²) in [5.41, 5.74) is -0.0615. The highest BCUT2D eigenvalue weighted by atomic mass is 35.5. The number of imidazole rings is 1. The molecule has 0 saturated carbocycles. The van der Waals surface area contributed by atoms with Crippen LogP contribution in [0.5, 0.6) is 0 Å². The van der Waals surface area contributed by atoms with E-state index in [9.17, 15) is 22.8 Å². The maximum atomic E-state index is 13.2. The predicted octanol–water partition coefficient (Wildman–Crippen LogP) is 4.83. The van der Waals surface area contributed by atoms with E-state index in [4.69, 9.17) is 16.7 Å². The molecule has 1 amide bonds. The van der Waals surface area contributed by atoms with E-state index >= 15 is 0 Å². The molecule has 2 N–H and O–H groups in total. The number of pyridine rings is 1. The highest BCUT2D eigenvalue weighted by molar-refractivity contribution is 6.33. The van der Waals surface area contributed by atoms with Crippen LogP contribution < -0.4 is 5.32 Å². The highest BCUT2D eigenvalue weighted by Gasteiger charge is 2.33. The van der Waals surface area contributed by atoms with Gasteiger partial charge >= 0.3 is 12.1 Å². The van der Waals surface area contributed by atoms with Gasteiger partial charge in [-0.05, 0) is 37.1 Å². The number of carboxylic acids is 1. The quantitative estimate of drug-likeness (QED) is 0.627. The molecule has 29 heavy (non-hydrogen) atoms. The zero-order valence-corrected chi connectivity index (χ0v) is 16.0. The summed E-state index contributed by atoms with van der Waals surface area (Å²) in [6.07, 6.45) is -3.62. The van der Waals surface area contributed by atoms with E-state index in [-0.39, 0.29) is 39.7 Å². The molecular formula is C19H15ClF3N3O3. The standard InChI is InChI=1S/C19H15ClF3N3O3/c1-3-13-15(17(27)25-14-6-10(18(28)29)5-4-9(14)2)26-8-11(19(21,22)23)7-12(20)16(26)24-13/h4-8H,3H2,1-2H3,(H,25,27)(H,28,29). The molecule has 1 aromatic carbocycles. The topological polar surface area (TPSA) is 83.7 Å². The molecule has 0 aliphatic rings. The average molecular weight is 426 g/mol. The Hall–Kier alpha value is -3.07. The predicted molar refractivity (Wildman–Crippen MR) is 101 cm³/mol. The van der Waals surface area contributed by atoms with Crippen LogP contribution in [0.25, 0.3) is 5.65 Å². The monoisotopic (exact) mass is 425 g/mol. The van der Waals surface area contributed by atoms with Gasteiger partial charge in [0.15, 0.2) is 5.65 Å². The van der Waals surface area contributed by atoms with Crippen molar-refractivity contribution >= 4 is 34.8 Å². The third-order valence-corrected chi connectivity index (χ3v) is 4.64. The number of aromatic nitrogens is 2. The lowest BCUT2D eigenvalue weighted by Crippen LogP contribution is -2.18. The summed E-state index contributed by atoms with van der Waals surface area (Å²) in [5.74, 6) is -1.90. The number of hydrogen-bond donors (Lipinski definition) is 2. The summed E-state index contributed by atoms with van der Waals surface area (Å²) in [6, 6.07) is 4.94. The van der Waals surface area contributed by atoms with Crippen molar-refractivity contribution in [2.45, 2.75) is 26.4 Å². The third kappa shape index (κ3) is 3.91. The van der Waals surface area contributed by atoms with Crippen LogP contribution >= 0.6 is 11.6 Å². The van der Waals surface area contributed by atoms with E-state index in [0.29, 0.717) is 5.56 Å². The molecule has 2 aromatic heterocycles. The molecule has 0 spiro atoms. The second kappa shape index (κ2) is 7.40. The van der Waals surface area contributed by atoms with E-state index in [0.717, 1.165) is 16.7 Å². The molecule has 2 heterocycles. The number of aromatic carboxylic acids is 1. The average Bonchev–Trinajstić information content (AvgIpc) is 3.02. The first-order chi connectivity index (χ1) is 13.5. The summed E-state index contributed by atoms with van der Waals surface area (Å²) in [4.78, 5) is 28.3. The summed E-state index contributed by atoms with van der Waals surface area (Å²) in [5, 5.41) is 11.5. The SMILES string of the molecule is CCc1nc2c(Cl)cc(C(F)(F)F)cn2c1C(=O)Nc1cc(C(=O)O)ccc1C. The molecule has 0 fully saturated rings. The van der Waals surface area contributed by atoms with Crippen molar-refractivity contribution < 1.29 is 27.9 Å². The lowest BCUT2D eigenvalue weighted by atomic mass is 10.1. The molecule has 0 bridgehead atoms. The van der Waals surface area contributed by atoms with Crippen molar-refractivity contribution in [3.63, 3.8) is 0 Å². The van der Waals surface area contributed by atoms with Crippen molar-refractivity contribution in [2.75, 3.05) is 5.32 Å². The number of alkyl halides is 3. The summed E-state index contributed by atoms with van der Waals surface area (Å²) in [6.45, 7) is 3.36. The van der Waals surface area contributed by atoms with Gasteiger partial charge in [0.25, 0.3) is 5.91 Å². The zero-order chi connectivity index (χ0) is 21.5. The molecule has 0 saturated heterocycles. The van der Waals surface area contributed by atoms with Gasteiger partial charge in [-0.25, -0.2) is 9.78 Å². The molecule has 0 unspecified atom stereocenters. The molecule has 0 aliphatic carbocycles. The number of hydrogen-bond acceptors (Lipinski definition) is 3. The number of amides is 1. The number of halogens is 4. The van der Waals surface area contributed by atoms with Gasteiger partial charge in [-0.2, -0.15) is 13.2 Å². The Labute approximate surface area is 167 Å². The Balaban J connectivity index is 2.13. The van der Waals surface area contributed by atoms with Crippen LogP contribution in [-0.4, -0.2) is 26.4 Å². The van der Waals surface area contributed by atoms with E-state index in [1.54, 1.807) is 13.8 Å². The van der Waals surface area contributed by atoms with E-state index in [1.165, 1.54) is 18.2 Å². The second-order valence-corrected chi connectivity index (χ2v) is 6.72. The van der Waals surface area contributed by atoms with E-state index in [1.807, 2.05) is 0 Å². The number of aryl methyl sites for hydroxylation is 2. The third-order valence-electron chi connectivity index (χ3n) is 4.36. The number of carbonyl (C=O) groups is 2. The molecule has 0 aliphatic heterocycles. The maximum absolute atomic E-state index is 13.2. The van der Waals surface area contributed by atoms with Crippen molar-refractivity contribution in [3.8, 4) is 0 Å². The second-order valence-electron chi connectivity index (χ2n) is 6.32. The minimum atomic E-state index is -4.66. The minimum absolute atomic E-state index is 0.0256. The number of carboxylic acid groups (broad SMARTS) is 1. The van der Waals surface area contributed by atoms with Crippen molar-refractivity contribution in [1.82, 2.24) is 9.38 Å². The number of fused-ring (bicyclic) bond motifs is 1. The van der Waals surface area contributed by atoms with Crippen LogP contribution in [0.3, 0.4) is 0 Å². The van der Waals surface area contributed by atoms with Gasteiger partial charge in [0.2, 0.25) is 0 Å². The fraction of sp³-hybridized carbons (Fsp3) is 0.211. The number of anilines is 1. The Bertz CT molecular complexity index is 1140. The number of carbonyl (C=O) groups excluding carboxylic acids is 1. The fourth-order valence-electron chi connectivity index (χ4n) is 2.86. The molecule has 0 atom stereocenters.